The number of rotatable bonds is 4. The molecule has 0 atom stereocenters. The molecule has 27 heavy (non-hydrogen) atoms. The van der Waals surface area contributed by atoms with E-state index in [1.165, 1.54) is 27.2 Å². The normalized spacial score (nSPS) is 16.6. The molecule has 1 saturated heterocycles. The number of thiazole rings is 1. The molecule has 1 aromatic heterocycles. The van der Waals surface area contributed by atoms with Gasteiger partial charge in [-0.3, -0.25) is 10.4 Å². The summed E-state index contributed by atoms with van der Waals surface area (Å²) in [4.78, 5) is 7.27. The molecule has 3 aromatic rings. The zero-order valence-electron chi connectivity index (χ0n) is 15.4. The first-order valence-corrected chi connectivity index (χ1v) is 10.2. The maximum absolute atomic E-state index is 4.79. The van der Waals surface area contributed by atoms with E-state index in [-0.39, 0.29) is 0 Å². The number of hydrogen-bond acceptors (Lipinski definition) is 5. The van der Waals surface area contributed by atoms with E-state index in [0.29, 0.717) is 0 Å². The fourth-order valence-corrected chi connectivity index (χ4v) is 4.69. The number of fused-ring (bicyclic) bond motifs is 2. The molecule has 4 nitrogen and oxygen atoms in total. The highest BCUT2D eigenvalue weighted by atomic mass is 32.1. The fraction of sp³-hybridized carbons (Fsp3) is 0.227. The summed E-state index contributed by atoms with van der Waals surface area (Å²) in [5, 5.41) is 3.21. The third kappa shape index (κ3) is 3.08. The van der Waals surface area contributed by atoms with Gasteiger partial charge in [-0.15, -0.1) is 0 Å². The van der Waals surface area contributed by atoms with E-state index in [0.717, 1.165) is 36.7 Å². The Balaban J connectivity index is 1.34. The molecule has 1 fully saturated rings. The largest absolute Gasteiger partial charge is 0.371 e. The minimum Gasteiger partial charge on any atom is -0.371 e. The lowest BCUT2D eigenvalue weighted by molar-refractivity contribution is 0.375. The lowest BCUT2D eigenvalue weighted by atomic mass is 10.1. The minimum absolute atomic E-state index is 0.860. The molecule has 136 valence electrons. The van der Waals surface area contributed by atoms with Gasteiger partial charge in [-0.05, 0) is 37.1 Å². The van der Waals surface area contributed by atoms with Gasteiger partial charge in [0, 0.05) is 24.4 Å². The molecular weight excluding hydrogens is 352 g/mol. The van der Waals surface area contributed by atoms with Gasteiger partial charge < -0.3 is 4.90 Å². The average Bonchev–Trinajstić information content (AvgIpc) is 3.33. The van der Waals surface area contributed by atoms with E-state index in [1.807, 2.05) is 6.07 Å². The van der Waals surface area contributed by atoms with Crippen molar-refractivity contribution in [2.75, 3.05) is 24.6 Å². The lowest BCUT2D eigenvalue weighted by Crippen LogP contribution is -2.30. The van der Waals surface area contributed by atoms with E-state index in [9.17, 15) is 0 Å². The number of hydrazine groups is 1. The van der Waals surface area contributed by atoms with Crippen LogP contribution in [0.2, 0.25) is 0 Å². The molecule has 5 heteroatoms. The van der Waals surface area contributed by atoms with Crippen molar-refractivity contribution in [2.24, 2.45) is 0 Å². The highest BCUT2D eigenvalue weighted by Gasteiger charge is 2.29. The Morgan fingerprint density at radius 1 is 1.07 bits per heavy atom. The van der Waals surface area contributed by atoms with Crippen molar-refractivity contribution < 1.29 is 0 Å². The van der Waals surface area contributed by atoms with Crippen LogP contribution in [0.3, 0.4) is 0 Å². The third-order valence-electron chi connectivity index (χ3n) is 5.35. The van der Waals surface area contributed by atoms with Crippen LogP contribution >= 0.6 is 11.3 Å². The summed E-state index contributed by atoms with van der Waals surface area (Å²) in [7, 11) is 0. The number of hydrogen-bond donors (Lipinski definition) is 1. The van der Waals surface area contributed by atoms with Crippen molar-refractivity contribution in [3.8, 4) is 0 Å². The van der Waals surface area contributed by atoms with Crippen LogP contribution in [-0.2, 0) is 6.42 Å². The van der Waals surface area contributed by atoms with Gasteiger partial charge in [-0.2, -0.15) is 0 Å². The van der Waals surface area contributed by atoms with Crippen LogP contribution in [-0.4, -0.2) is 29.5 Å². The van der Waals surface area contributed by atoms with Crippen molar-refractivity contribution >= 4 is 26.7 Å². The number of aromatic nitrogens is 1. The van der Waals surface area contributed by atoms with Crippen molar-refractivity contribution in [2.45, 2.75) is 13.3 Å². The van der Waals surface area contributed by atoms with Crippen molar-refractivity contribution in [1.82, 2.24) is 15.3 Å². The number of allylic oxidation sites excluding steroid dienone is 1. The van der Waals surface area contributed by atoms with Crippen LogP contribution in [0.1, 0.15) is 12.5 Å². The Morgan fingerprint density at radius 2 is 1.89 bits per heavy atom. The molecule has 0 aliphatic carbocycles. The van der Waals surface area contributed by atoms with Gasteiger partial charge in [0.25, 0.3) is 0 Å². The molecule has 0 bridgehead atoms. The van der Waals surface area contributed by atoms with Gasteiger partial charge in [0.1, 0.15) is 0 Å². The second-order valence-electron chi connectivity index (χ2n) is 7.03. The number of para-hydroxylation sites is 1. The van der Waals surface area contributed by atoms with Crippen molar-refractivity contribution in [3.63, 3.8) is 0 Å². The van der Waals surface area contributed by atoms with Gasteiger partial charge in [0.2, 0.25) is 5.13 Å². The quantitative estimate of drug-likeness (QED) is 0.736. The fourth-order valence-electron chi connectivity index (χ4n) is 3.76. The lowest BCUT2D eigenvalue weighted by Gasteiger charge is -2.29. The Hall–Kier alpha value is -2.79. The second-order valence-corrected chi connectivity index (χ2v) is 8.03. The first-order chi connectivity index (χ1) is 13.3. The van der Waals surface area contributed by atoms with Gasteiger partial charge >= 0.3 is 0 Å². The summed E-state index contributed by atoms with van der Waals surface area (Å²) >= 11 is 1.74. The van der Waals surface area contributed by atoms with Crippen molar-refractivity contribution in [1.29, 1.82) is 0 Å². The van der Waals surface area contributed by atoms with E-state index in [4.69, 9.17) is 4.98 Å². The number of benzene rings is 2. The smallest absolute Gasteiger partial charge is 0.205 e. The number of nitrogens with one attached hydrogen (secondary N) is 1. The molecule has 2 aliphatic heterocycles. The van der Waals surface area contributed by atoms with Crippen LogP contribution < -0.4 is 10.4 Å². The maximum atomic E-state index is 4.79. The average molecular weight is 375 g/mol. The molecule has 0 radical (unpaired) electrons. The molecule has 0 unspecified atom stereocenters. The first-order valence-electron chi connectivity index (χ1n) is 9.37. The maximum Gasteiger partial charge on any atom is 0.205 e. The predicted molar refractivity (Wildman–Crippen MR) is 113 cm³/mol. The standard InChI is InChI=1S/C22H22N4S/c1-16-18-15-26(22-23-20-9-5-6-10-21(20)27-22)24-19(18)12-14-25(16)13-11-17-7-3-2-4-8-17/h2-10,12,24H,11,13-15H2,1H3. The summed E-state index contributed by atoms with van der Waals surface area (Å²) in [6.07, 6.45) is 3.38. The van der Waals surface area contributed by atoms with Gasteiger partial charge in [0.15, 0.2) is 0 Å². The predicted octanol–water partition coefficient (Wildman–Crippen LogP) is 4.34. The summed E-state index contributed by atoms with van der Waals surface area (Å²) in [5.74, 6) is 0. The molecule has 2 aliphatic rings. The zero-order valence-corrected chi connectivity index (χ0v) is 16.2. The first kappa shape index (κ1) is 16.4. The second kappa shape index (κ2) is 6.74. The van der Waals surface area contributed by atoms with E-state index < -0.39 is 0 Å². The van der Waals surface area contributed by atoms with Crippen LogP contribution in [0.4, 0.5) is 5.13 Å². The van der Waals surface area contributed by atoms with Gasteiger partial charge in [0.05, 0.1) is 22.5 Å². The number of nitrogens with zero attached hydrogens (tertiary/aromatic N) is 3. The molecule has 3 heterocycles. The van der Waals surface area contributed by atoms with Gasteiger partial charge in [-0.25, -0.2) is 4.98 Å². The molecule has 5 rings (SSSR count). The summed E-state index contributed by atoms with van der Waals surface area (Å²) < 4.78 is 1.23. The molecule has 0 spiro atoms. The topological polar surface area (TPSA) is 31.4 Å². The highest BCUT2D eigenvalue weighted by Crippen LogP contribution is 2.34. The Morgan fingerprint density at radius 3 is 2.74 bits per heavy atom. The van der Waals surface area contributed by atoms with Gasteiger partial charge in [-0.1, -0.05) is 53.8 Å². The SMILES string of the molecule is CC1=C2CN(c3nc4ccccc4s3)NC2=CCN1CCc1ccccc1. The summed E-state index contributed by atoms with van der Waals surface area (Å²) in [5.41, 5.74) is 10.0. The Bertz CT molecular complexity index is 1000. The highest BCUT2D eigenvalue weighted by molar-refractivity contribution is 7.22. The molecule has 0 amide bonds. The van der Waals surface area contributed by atoms with E-state index in [2.05, 4.69) is 76.9 Å². The number of anilines is 1. The molecular formula is C22H22N4S. The Labute approximate surface area is 163 Å². The summed E-state index contributed by atoms with van der Waals surface area (Å²) in [6, 6.07) is 19.1. The minimum atomic E-state index is 0.860. The summed E-state index contributed by atoms with van der Waals surface area (Å²) in [6.45, 7) is 5.11. The molecule has 2 aromatic carbocycles. The molecule has 1 N–H and O–H groups in total. The van der Waals surface area contributed by atoms with Crippen molar-refractivity contribution in [3.05, 3.63) is 83.2 Å². The zero-order chi connectivity index (χ0) is 18.2. The Kier molecular flexibility index (Phi) is 4.09. The monoisotopic (exact) mass is 374 g/mol. The molecule has 0 saturated carbocycles. The van der Waals surface area contributed by atoms with Crippen LogP contribution in [0, 0.1) is 0 Å². The third-order valence-corrected chi connectivity index (χ3v) is 6.41. The van der Waals surface area contributed by atoms with E-state index in [1.54, 1.807) is 11.3 Å². The van der Waals surface area contributed by atoms with E-state index >= 15 is 0 Å². The van der Waals surface area contributed by atoms with Crippen LogP contribution in [0.5, 0.6) is 0 Å². The van der Waals surface area contributed by atoms with Crippen LogP contribution in [0.25, 0.3) is 10.2 Å². The van der Waals surface area contributed by atoms with Crippen LogP contribution in [0.15, 0.2) is 77.6 Å².